The summed E-state index contributed by atoms with van der Waals surface area (Å²) in [5.74, 6) is 0.526. The van der Waals surface area contributed by atoms with Crippen molar-refractivity contribution in [2.75, 3.05) is 6.54 Å². The Labute approximate surface area is 108 Å². The molecule has 0 bridgehead atoms. The number of hydrogen-bond acceptors (Lipinski definition) is 5. The average molecular weight is 254 g/mol. The molecule has 0 saturated heterocycles. The van der Waals surface area contributed by atoms with Crippen molar-refractivity contribution in [3.8, 4) is 0 Å². The van der Waals surface area contributed by atoms with Crippen LogP contribution in [0, 0.1) is 0 Å². The van der Waals surface area contributed by atoms with Gasteiger partial charge < -0.3 is 10.1 Å². The van der Waals surface area contributed by atoms with Crippen molar-refractivity contribution < 1.29 is 9.53 Å². The maximum absolute atomic E-state index is 11.7. The van der Waals surface area contributed by atoms with Crippen molar-refractivity contribution in [1.29, 1.82) is 0 Å². The van der Waals surface area contributed by atoms with E-state index in [4.69, 9.17) is 4.74 Å². The van der Waals surface area contributed by atoms with Crippen LogP contribution in [0.25, 0.3) is 0 Å². The van der Waals surface area contributed by atoms with Gasteiger partial charge in [0.1, 0.15) is 18.0 Å². The number of hydrogen-bond donors (Lipinski definition) is 1. The lowest BCUT2D eigenvalue weighted by Gasteiger charge is -2.22. The fourth-order valence-electron chi connectivity index (χ4n) is 1.37. The third-order valence-corrected chi connectivity index (χ3v) is 2.21. The molecule has 6 nitrogen and oxygen atoms in total. The Morgan fingerprint density at radius 1 is 1.56 bits per heavy atom. The first kappa shape index (κ1) is 14.6. The van der Waals surface area contributed by atoms with Gasteiger partial charge in [0, 0.05) is 20.0 Å². The number of aryl methyl sites for hydroxylation is 1. The molecule has 0 saturated carbocycles. The van der Waals surface area contributed by atoms with E-state index in [9.17, 15) is 4.79 Å². The Bertz CT molecular complexity index is 395. The first-order valence-electron chi connectivity index (χ1n) is 6.09. The van der Waals surface area contributed by atoms with Gasteiger partial charge in [0.2, 0.25) is 0 Å². The van der Waals surface area contributed by atoms with E-state index in [-0.39, 0.29) is 12.0 Å². The molecule has 0 aliphatic carbocycles. The van der Waals surface area contributed by atoms with Crippen molar-refractivity contribution in [1.82, 2.24) is 20.1 Å². The zero-order valence-corrected chi connectivity index (χ0v) is 11.7. The monoisotopic (exact) mass is 254 g/mol. The number of nitrogens with one attached hydrogen (secondary N) is 1. The lowest BCUT2D eigenvalue weighted by molar-refractivity contribution is -0.156. The second-order valence-corrected chi connectivity index (χ2v) is 5.29. The number of ether oxygens (including phenoxy) is 1. The van der Waals surface area contributed by atoms with Gasteiger partial charge in [0.15, 0.2) is 5.82 Å². The molecule has 0 amide bonds. The van der Waals surface area contributed by atoms with Crippen LogP contribution in [0.5, 0.6) is 0 Å². The molecule has 1 heterocycles. The van der Waals surface area contributed by atoms with E-state index in [2.05, 4.69) is 15.4 Å². The summed E-state index contributed by atoms with van der Waals surface area (Å²) in [4.78, 5) is 15.8. The molecular weight excluding hydrogens is 232 g/mol. The van der Waals surface area contributed by atoms with Crippen molar-refractivity contribution in [2.24, 2.45) is 7.05 Å². The fourth-order valence-corrected chi connectivity index (χ4v) is 1.37. The molecule has 0 aliphatic rings. The molecule has 1 unspecified atom stereocenters. The first-order valence-corrected chi connectivity index (χ1v) is 6.09. The highest BCUT2D eigenvalue weighted by atomic mass is 16.6. The van der Waals surface area contributed by atoms with Crippen molar-refractivity contribution in [3.63, 3.8) is 0 Å². The van der Waals surface area contributed by atoms with Crippen LogP contribution < -0.4 is 5.32 Å². The second kappa shape index (κ2) is 5.95. The highest BCUT2D eigenvalue weighted by Crippen LogP contribution is 2.08. The summed E-state index contributed by atoms with van der Waals surface area (Å²) >= 11 is 0. The van der Waals surface area contributed by atoms with E-state index in [0.717, 1.165) is 5.82 Å². The molecule has 1 aromatic rings. The van der Waals surface area contributed by atoms with Crippen LogP contribution in [0.2, 0.25) is 0 Å². The van der Waals surface area contributed by atoms with Gasteiger partial charge in [-0.3, -0.25) is 9.48 Å². The summed E-state index contributed by atoms with van der Waals surface area (Å²) in [5.41, 5.74) is -0.449. The minimum Gasteiger partial charge on any atom is -0.459 e. The Balaban J connectivity index is 2.28. The standard InChI is InChI=1S/C12H22N4O2/c1-9(11(17)18-12(2,3)4)13-7-6-10-14-8-16(5)15-10/h8-9,13H,6-7H2,1-5H3. The molecule has 1 atom stereocenters. The van der Waals surface area contributed by atoms with Gasteiger partial charge in [0.05, 0.1) is 0 Å². The summed E-state index contributed by atoms with van der Waals surface area (Å²) in [6.45, 7) is 8.00. The molecule has 1 rings (SSSR count). The summed E-state index contributed by atoms with van der Waals surface area (Å²) in [7, 11) is 1.83. The molecule has 102 valence electrons. The van der Waals surface area contributed by atoms with Crippen LogP contribution in [-0.2, 0) is 23.0 Å². The maximum Gasteiger partial charge on any atom is 0.323 e. The van der Waals surface area contributed by atoms with Crippen LogP contribution in [0.4, 0.5) is 0 Å². The number of esters is 1. The summed E-state index contributed by atoms with van der Waals surface area (Å²) < 4.78 is 6.93. The van der Waals surface area contributed by atoms with E-state index < -0.39 is 5.60 Å². The summed E-state index contributed by atoms with van der Waals surface area (Å²) in [6.07, 6.45) is 2.35. The molecule has 0 aromatic carbocycles. The number of carbonyl (C=O) groups excluding carboxylic acids is 1. The summed E-state index contributed by atoms with van der Waals surface area (Å²) in [6, 6.07) is -0.326. The van der Waals surface area contributed by atoms with E-state index in [1.54, 1.807) is 17.9 Å². The van der Waals surface area contributed by atoms with E-state index in [1.807, 2.05) is 27.8 Å². The number of rotatable bonds is 5. The normalized spacial score (nSPS) is 13.4. The SMILES string of the molecule is CC(NCCc1ncn(C)n1)C(=O)OC(C)(C)C. The molecule has 1 N–H and O–H groups in total. The lowest BCUT2D eigenvalue weighted by Crippen LogP contribution is -2.40. The topological polar surface area (TPSA) is 69.0 Å². The van der Waals surface area contributed by atoms with Crippen LogP contribution in [0.15, 0.2) is 6.33 Å². The van der Waals surface area contributed by atoms with Gasteiger partial charge in [-0.05, 0) is 27.7 Å². The van der Waals surface area contributed by atoms with Gasteiger partial charge in [-0.25, -0.2) is 4.98 Å². The number of nitrogens with zero attached hydrogens (tertiary/aromatic N) is 3. The van der Waals surface area contributed by atoms with Gasteiger partial charge in [0.25, 0.3) is 0 Å². The largest absolute Gasteiger partial charge is 0.459 e. The molecule has 0 radical (unpaired) electrons. The minimum atomic E-state index is -0.449. The Kier molecular flexibility index (Phi) is 4.84. The highest BCUT2D eigenvalue weighted by molar-refractivity contribution is 5.75. The van der Waals surface area contributed by atoms with Gasteiger partial charge >= 0.3 is 5.97 Å². The Hall–Kier alpha value is -1.43. The van der Waals surface area contributed by atoms with Gasteiger partial charge in [-0.2, -0.15) is 5.10 Å². The van der Waals surface area contributed by atoms with Crippen LogP contribution in [0.1, 0.15) is 33.5 Å². The molecule has 0 aliphatic heterocycles. The predicted molar refractivity (Wildman–Crippen MR) is 68.0 cm³/mol. The smallest absolute Gasteiger partial charge is 0.323 e. The molecule has 0 spiro atoms. The predicted octanol–water partition coefficient (Wildman–Crippen LogP) is 0.677. The number of carbonyl (C=O) groups is 1. The van der Waals surface area contributed by atoms with Gasteiger partial charge in [-0.15, -0.1) is 0 Å². The van der Waals surface area contributed by atoms with Crippen molar-refractivity contribution in [3.05, 3.63) is 12.2 Å². The summed E-state index contributed by atoms with van der Waals surface area (Å²) in [5, 5.41) is 7.26. The maximum atomic E-state index is 11.7. The molecular formula is C12H22N4O2. The van der Waals surface area contributed by atoms with E-state index in [0.29, 0.717) is 13.0 Å². The highest BCUT2D eigenvalue weighted by Gasteiger charge is 2.21. The first-order chi connectivity index (χ1) is 8.28. The molecule has 1 aromatic heterocycles. The second-order valence-electron chi connectivity index (χ2n) is 5.29. The number of aromatic nitrogens is 3. The van der Waals surface area contributed by atoms with Gasteiger partial charge in [-0.1, -0.05) is 0 Å². The lowest BCUT2D eigenvalue weighted by atomic mass is 10.2. The van der Waals surface area contributed by atoms with E-state index >= 15 is 0 Å². The quantitative estimate of drug-likeness (QED) is 0.782. The fraction of sp³-hybridized carbons (Fsp3) is 0.750. The van der Waals surface area contributed by atoms with Crippen molar-refractivity contribution in [2.45, 2.75) is 45.8 Å². The Morgan fingerprint density at radius 3 is 2.72 bits per heavy atom. The minimum absolute atomic E-state index is 0.239. The van der Waals surface area contributed by atoms with E-state index in [1.165, 1.54) is 0 Å². The van der Waals surface area contributed by atoms with Crippen molar-refractivity contribution >= 4 is 5.97 Å². The Morgan fingerprint density at radius 2 is 2.22 bits per heavy atom. The average Bonchev–Trinajstić information content (AvgIpc) is 2.61. The third kappa shape index (κ3) is 5.27. The zero-order chi connectivity index (χ0) is 13.8. The molecule has 18 heavy (non-hydrogen) atoms. The van der Waals surface area contributed by atoms with Crippen LogP contribution in [0.3, 0.4) is 0 Å². The van der Waals surface area contributed by atoms with Crippen LogP contribution in [-0.4, -0.2) is 38.9 Å². The molecule has 0 fully saturated rings. The zero-order valence-electron chi connectivity index (χ0n) is 11.7. The third-order valence-electron chi connectivity index (χ3n) is 2.21. The molecule has 6 heteroatoms. The van der Waals surface area contributed by atoms with Crippen LogP contribution >= 0.6 is 0 Å².